The predicted molar refractivity (Wildman–Crippen MR) is 82.1 cm³/mol. The van der Waals surface area contributed by atoms with E-state index in [1.165, 1.54) is 4.90 Å². The van der Waals surface area contributed by atoms with Crippen LogP contribution in [0.2, 0.25) is 0 Å². The number of carbonyl (C=O) groups excluding carboxylic acids is 2. The van der Waals surface area contributed by atoms with Crippen LogP contribution < -0.4 is 10.6 Å². The van der Waals surface area contributed by atoms with Gasteiger partial charge in [-0.2, -0.15) is 0 Å². The molecule has 2 fully saturated rings. The number of nitrogens with zero attached hydrogens (tertiary/aromatic N) is 2. The molecule has 3 rings (SSSR count). The number of imide groups is 1. The van der Waals surface area contributed by atoms with E-state index in [1.807, 2.05) is 32.0 Å². The molecular weight excluding hydrogens is 280 g/mol. The average molecular weight is 302 g/mol. The number of aryl methyl sites for hydroxylation is 1. The van der Waals surface area contributed by atoms with Gasteiger partial charge in [0.25, 0.3) is 5.91 Å². The van der Waals surface area contributed by atoms with Crippen molar-refractivity contribution in [1.29, 1.82) is 0 Å². The van der Waals surface area contributed by atoms with E-state index in [-0.39, 0.29) is 24.4 Å². The summed E-state index contributed by atoms with van der Waals surface area (Å²) in [5.74, 6) is 0.0494. The lowest BCUT2D eigenvalue weighted by Crippen LogP contribution is -2.53. The molecule has 2 aliphatic heterocycles. The van der Waals surface area contributed by atoms with Crippen LogP contribution in [-0.4, -0.2) is 40.5 Å². The molecule has 0 radical (unpaired) electrons. The minimum Gasteiger partial charge on any atom is -0.323 e. The van der Waals surface area contributed by atoms with Gasteiger partial charge < -0.3 is 10.6 Å². The van der Waals surface area contributed by atoms with Crippen molar-refractivity contribution in [3.8, 4) is 0 Å². The molecule has 3 heterocycles. The minimum absolute atomic E-state index is 0.132. The van der Waals surface area contributed by atoms with Crippen molar-refractivity contribution in [1.82, 2.24) is 20.5 Å². The van der Waals surface area contributed by atoms with E-state index in [2.05, 4.69) is 15.6 Å². The van der Waals surface area contributed by atoms with Crippen molar-refractivity contribution < 1.29 is 9.59 Å². The highest BCUT2D eigenvalue weighted by Crippen LogP contribution is 2.32. The predicted octanol–water partition coefficient (Wildman–Crippen LogP) is 1.20. The van der Waals surface area contributed by atoms with Crippen LogP contribution in [0, 0.1) is 12.8 Å². The summed E-state index contributed by atoms with van der Waals surface area (Å²) in [6.07, 6.45) is 1.80. The third-order valence-electron chi connectivity index (χ3n) is 4.72. The summed E-state index contributed by atoms with van der Waals surface area (Å²) in [5.41, 5.74) is 0.826. The summed E-state index contributed by atoms with van der Waals surface area (Å²) in [6.45, 7) is 5.76. The molecule has 6 nitrogen and oxygen atoms in total. The quantitative estimate of drug-likeness (QED) is 0.823. The first kappa shape index (κ1) is 15.0. The lowest BCUT2D eigenvalue weighted by molar-refractivity contribution is -0.133. The van der Waals surface area contributed by atoms with Gasteiger partial charge in [0.1, 0.15) is 5.54 Å². The van der Waals surface area contributed by atoms with Crippen molar-refractivity contribution in [2.24, 2.45) is 5.92 Å². The van der Waals surface area contributed by atoms with Gasteiger partial charge in [-0.3, -0.25) is 14.7 Å². The van der Waals surface area contributed by atoms with Gasteiger partial charge >= 0.3 is 6.03 Å². The monoisotopic (exact) mass is 302 g/mol. The topological polar surface area (TPSA) is 74.3 Å². The molecule has 0 saturated carbocycles. The summed E-state index contributed by atoms with van der Waals surface area (Å²) >= 11 is 0. The van der Waals surface area contributed by atoms with E-state index in [4.69, 9.17) is 0 Å². The molecule has 1 aromatic rings. The van der Waals surface area contributed by atoms with E-state index in [0.717, 1.165) is 37.3 Å². The fourth-order valence-corrected chi connectivity index (χ4v) is 3.38. The minimum atomic E-state index is -0.789. The van der Waals surface area contributed by atoms with Crippen molar-refractivity contribution in [3.05, 3.63) is 29.6 Å². The first-order valence-electron chi connectivity index (χ1n) is 7.78. The number of amides is 3. The van der Waals surface area contributed by atoms with Crippen molar-refractivity contribution in [3.63, 3.8) is 0 Å². The molecular formula is C16H22N4O2. The van der Waals surface area contributed by atoms with Crippen molar-refractivity contribution in [2.75, 3.05) is 13.1 Å². The van der Waals surface area contributed by atoms with Crippen LogP contribution in [0.3, 0.4) is 0 Å². The lowest BCUT2D eigenvalue weighted by atomic mass is 9.79. The van der Waals surface area contributed by atoms with Crippen LogP contribution in [-0.2, 0) is 11.3 Å². The number of carbonyl (C=O) groups is 2. The zero-order valence-corrected chi connectivity index (χ0v) is 13.1. The number of aromatic nitrogens is 1. The van der Waals surface area contributed by atoms with E-state index < -0.39 is 5.54 Å². The van der Waals surface area contributed by atoms with Crippen LogP contribution in [0.15, 0.2) is 18.2 Å². The van der Waals surface area contributed by atoms with Crippen LogP contribution in [0.5, 0.6) is 0 Å². The third-order valence-corrected chi connectivity index (χ3v) is 4.72. The number of hydrogen-bond acceptors (Lipinski definition) is 4. The second kappa shape index (κ2) is 5.68. The van der Waals surface area contributed by atoms with Gasteiger partial charge in [-0.25, -0.2) is 4.79 Å². The summed E-state index contributed by atoms with van der Waals surface area (Å²) in [6, 6.07) is 5.32. The third kappa shape index (κ3) is 2.59. The maximum Gasteiger partial charge on any atom is 0.325 e. The Balaban J connectivity index is 1.79. The molecule has 2 aliphatic rings. The molecule has 0 spiro atoms. The maximum absolute atomic E-state index is 12.8. The highest BCUT2D eigenvalue weighted by Gasteiger charge is 2.52. The molecule has 118 valence electrons. The Bertz CT molecular complexity index is 598. The Labute approximate surface area is 130 Å². The van der Waals surface area contributed by atoms with Crippen LogP contribution in [0.1, 0.15) is 31.2 Å². The van der Waals surface area contributed by atoms with E-state index >= 15 is 0 Å². The fraction of sp³-hybridized carbons (Fsp3) is 0.562. The van der Waals surface area contributed by atoms with Crippen LogP contribution >= 0.6 is 0 Å². The number of rotatable bonds is 3. The summed E-state index contributed by atoms with van der Waals surface area (Å²) in [7, 11) is 0. The molecule has 1 unspecified atom stereocenters. The molecule has 0 bridgehead atoms. The number of hydrogen-bond donors (Lipinski definition) is 2. The average Bonchev–Trinajstić information content (AvgIpc) is 2.73. The largest absolute Gasteiger partial charge is 0.325 e. The Morgan fingerprint density at radius 3 is 2.73 bits per heavy atom. The van der Waals surface area contributed by atoms with E-state index in [9.17, 15) is 9.59 Å². The van der Waals surface area contributed by atoms with Crippen LogP contribution in [0.25, 0.3) is 0 Å². The molecule has 22 heavy (non-hydrogen) atoms. The Morgan fingerprint density at radius 1 is 1.32 bits per heavy atom. The molecule has 6 heteroatoms. The molecule has 3 amide bonds. The van der Waals surface area contributed by atoms with Gasteiger partial charge in [0, 0.05) is 5.69 Å². The first-order valence-corrected chi connectivity index (χ1v) is 7.78. The van der Waals surface area contributed by atoms with E-state index in [0.29, 0.717) is 0 Å². The Morgan fingerprint density at radius 2 is 2.05 bits per heavy atom. The molecule has 2 N–H and O–H groups in total. The molecule has 0 aliphatic carbocycles. The van der Waals surface area contributed by atoms with Gasteiger partial charge in [0.2, 0.25) is 0 Å². The number of nitrogens with one attached hydrogen (secondary N) is 2. The SMILES string of the molecule is Cc1cccc(CN2C(=O)NC(C)(C3CCNCC3)C2=O)n1. The molecule has 2 saturated heterocycles. The van der Waals surface area contributed by atoms with Gasteiger partial charge in [-0.15, -0.1) is 0 Å². The Hall–Kier alpha value is -1.95. The summed E-state index contributed by atoms with van der Waals surface area (Å²) in [4.78, 5) is 30.8. The highest BCUT2D eigenvalue weighted by atomic mass is 16.2. The second-order valence-corrected chi connectivity index (χ2v) is 6.32. The highest BCUT2D eigenvalue weighted by molar-refractivity contribution is 6.06. The smallest absolute Gasteiger partial charge is 0.323 e. The summed E-state index contributed by atoms with van der Waals surface area (Å²) < 4.78 is 0. The lowest BCUT2D eigenvalue weighted by Gasteiger charge is -2.34. The molecule has 0 aromatic carbocycles. The normalized spacial score (nSPS) is 26.4. The standard InChI is InChI=1S/C16H22N4O2/c1-11-4-3-5-13(18-11)10-20-14(21)16(2,19-15(20)22)12-6-8-17-9-7-12/h3-5,12,17H,6-10H2,1-2H3,(H,19,22). The zero-order chi connectivity index (χ0) is 15.7. The number of piperidine rings is 1. The molecule has 1 atom stereocenters. The maximum atomic E-state index is 12.8. The van der Waals surface area contributed by atoms with Crippen LogP contribution in [0.4, 0.5) is 4.79 Å². The van der Waals surface area contributed by atoms with Gasteiger partial charge in [-0.1, -0.05) is 6.07 Å². The second-order valence-electron chi connectivity index (χ2n) is 6.32. The first-order chi connectivity index (χ1) is 10.5. The van der Waals surface area contributed by atoms with Crippen molar-refractivity contribution >= 4 is 11.9 Å². The zero-order valence-electron chi connectivity index (χ0n) is 13.1. The fourth-order valence-electron chi connectivity index (χ4n) is 3.38. The van der Waals surface area contributed by atoms with Crippen molar-refractivity contribution in [2.45, 2.75) is 38.8 Å². The Kier molecular flexibility index (Phi) is 3.87. The number of urea groups is 1. The summed E-state index contributed by atoms with van der Waals surface area (Å²) in [5, 5.41) is 6.21. The van der Waals surface area contributed by atoms with Gasteiger partial charge in [0.05, 0.1) is 12.2 Å². The van der Waals surface area contributed by atoms with E-state index in [1.54, 1.807) is 0 Å². The molecule has 1 aromatic heterocycles. The van der Waals surface area contributed by atoms with Gasteiger partial charge in [0.15, 0.2) is 0 Å². The number of pyridine rings is 1. The van der Waals surface area contributed by atoms with Gasteiger partial charge in [-0.05, 0) is 57.8 Å².